The van der Waals surface area contributed by atoms with Crippen molar-refractivity contribution in [1.29, 1.82) is 0 Å². The van der Waals surface area contributed by atoms with Crippen molar-refractivity contribution in [2.24, 2.45) is 0 Å². The average Bonchev–Trinajstić information content (AvgIpc) is 2.72. The monoisotopic (exact) mass is 433 g/mol. The van der Waals surface area contributed by atoms with Crippen LogP contribution in [0.15, 0.2) is 58.2 Å². The molecule has 0 aliphatic heterocycles. The maximum Gasteiger partial charge on any atom is 0.262 e. The molecular formula is C19H20FN5O4S. The zero-order chi connectivity index (χ0) is 21.7. The van der Waals surface area contributed by atoms with E-state index >= 15 is 0 Å². The number of nitrogens with one attached hydrogen (secondary N) is 3. The third-order valence-corrected chi connectivity index (χ3v) is 5.76. The Morgan fingerprint density at radius 2 is 1.83 bits per heavy atom. The Kier molecular flexibility index (Phi) is 6.43. The molecule has 1 heterocycles. The molecule has 158 valence electrons. The van der Waals surface area contributed by atoms with E-state index in [1.807, 2.05) is 0 Å². The van der Waals surface area contributed by atoms with Gasteiger partial charge in [0.25, 0.3) is 5.56 Å². The molecule has 2 aromatic carbocycles. The van der Waals surface area contributed by atoms with Crippen LogP contribution >= 0.6 is 0 Å². The molecular weight excluding hydrogens is 413 g/mol. The molecule has 0 saturated heterocycles. The fourth-order valence-corrected chi connectivity index (χ4v) is 3.89. The minimum atomic E-state index is -4.08. The molecule has 0 unspecified atom stereocenters. The lowest BCUT2D eigenvalue weighted by molar-refractivity contribution is -0.120. The molecule has 0 radical (unpaired) electrons. The van der Waals surface area contributed by atoms with E-state index in [1.54, 1.807) is 31.2 Å². The molecule has 30 heavy (non-hydrogen) atoms. The first-order valence-electron chi connectivity index (χ1n) is 9.12. The van der Waals surface area contributed by atoms with E-state index in [0.29, 0.717) is 17.4 Å². The summed E-state index contributed by atoms with van der Waals surface area (Å²) in [4.78, 5) is 28.4. The maximum absolute atomic E-state index is 13.7. The number of hydrogen-bond donors (Lipinski definition) is 3. The van der Waals surface area contributed by atoms with E-state index in [4.69, 9.17) is 0 Å². The van der Waals surface area contributed by atoms with Crippen molar-refractivity contribution >= 4 is 32.8 Å². The van der Waals surface area contributed by atoms with Gasteiger partial charge in [-0.1, -0.05) is 24.3 Å². The quantitative estimate of drug-likeness (QED) is 0.461. The van der Waals surface area contributed by atoms with Crippen molar-refractivity contribution in [1.82, 2.24) is 19.7 Å². The summed E-state index contributed by atoms with van der Waals surface area (Å²) < 4.78 is 41.4. The zero-order valence-electron chi connectivity index (χ0n) is 16.1. The van der Waals surface area contributed by atoms with Crippen molar-refractivity contribution in [3.63, 3.8) is 0 Å². The fraction of sp³-hybridized carbons (Fsp3) is 0.211. The molecule has 0 bridgehead atoms. The van der Waals surface area contributed by atoms with Crippen LogP contribution in [0.5, 0.6) is 0 Å². The number of carbonyl (C=O) groups excluding carboxylic acids is 1. The van der Waals surface area contributed by atoms with Crippen molar-refractivity contribution in [3.05, 3.63) is 64.7 Å². The van der Waals surface area contributed by atoms with E-state index < -0.39 is 26.6 Å². The molecule has 3 aromatic rings. The summed E-state index contributed by atoms with van der Waals surface area (Å²) in [5.74, 6) is -1.27. The standard InChI is InChI=1S/C19H20FN5O4S/c1-2-25-18(27)13-7-3-5-9-15(13)22-19(25)24-23-17(26)11-12-21-30(28,29)16-10-6-4-8-14(16)20/h3-10,21H,2,11-12H2,1H3,(H,22,24)(H,23,26). The van der Waals surface area contributed by atoms with Crippen LogP contribution in [0.2, 0.25) is 0 Å². The third kappa shape index (κ3) is 4.63. The number of rotatable bonds is 8. The molecule has 0 aliphatic rings. The van der Waals surface area contributed by atoms with E-state index in [9.17, 15) is 22.4 Å². The summed E-state index contributed by atoms with van der Waals surface area (Å²) in [5.41, 5.74) is 5.20. The van der Waals surface area contributed by atoms with Crippen LogP contribution in [0.1, 0.15) is 13.3 Å². The first-order valence-corrected chi connectivity index (χ1v) is 10.6. The normalized spacial score (nSPS) is 11.4. The number of aromatic nitrogens is 2. The van der Waals surface area contributed by atoms with E-state index in [1.165, 1.54) is 16.7 Å². The van der Waals surface area contributed by atoms with Gasteiger partial charge in [0.1, 0.15) is 10.7 Å². The number of anilines is 1. The van der Waals surface area contributed by atoms with E-state index in [-0.39, 0.29) is 24.5 Å². The second-order valence-electron chi connectivity index (χ2n) is 6.25. The molecule has 1 amide bonds. The average molecular weight is 433 g/mol. The molecule has 3 rings (SSSR count). The highest BCUT2D eigenvalue weighted by Crippen LogP contribution is 2.13. The lowest BCUT2D eigenvalue weighted by Gasteiger charge is -2.14. The summed E-state index contributed by atoms with van der Waals surface area (Å²) in [6.45, 7) is 1.86. The number of sulfonamides is 1. The summed E-state index contributed by atoms with van der Waals surface area (Å²) in [5, 5.41) is 0.457. The van der Waals surface area contributed by atoms with Gasteiger partial charge in [-0.15, -0.1) is 0 Å². The molecule has 3 N–H and O–H groups in total. The maximum atomic E-state index is 13.7. The van der Waals surface area contributed by atoms with Crippen LogP contribution in [0.3, 0.4) is 0 Å². The number of amides is 1. The van der Waals surface area contributed by atoms with Gasteiger partial charge in [0.15, 0.2) is 0 Å². The van der Waals surface area contributed by atoms with Gasteiger partial charge in [0, 0.05) is 19.5 Å². The molecule has 9 nitrogen and oxygen atoms in total. The predicted molar refractivity (Wildman–Crippen MR) is 110 cm³/mol. The number of benzene rings is 2. The predicted octanol–water partition coefficient (Wildman–Crippen LogP) is 1.37. The summed E-state index contributed by atoms with van der Waals surface area (Å²) >= 11 is 0. The Balaban J connectivity index is 1.61. The Bertz CT molecular complexity index is 1240. The summed E-state index contributed by atoms with van der Waals surface area (Å²) in [6, 6.07) is 11.8. The first kappa shape index (κ1) is 21.4. The van der Waals surface area contributed by atoms with Gasteiger partial charge in [-0.2, -0.15) is 0 Å². The Labute approximate surface area is 172 Å². The number of nitrogens with zero attached hydrogens (tertiary/aromatic N) is 2. The molecule has 0 fully saturated rings. The second kappa shape index (κ2) is 9.01. The van der Waals surface area contributed by atoms with Gasteiger partial charge in [-0.05, 0) is 31.2 Å². The number of para-hydroxylation sites is 1. The van der Waals surface area contributed by atoms with Crippen molar-refractivity contribution in [2.45, 2.75) is 24.8 Å². The van der Waals surface area contributed by atoms with Crippen LogP contribution in [0.25, 0.3) is 10.9 Å². The number of fused-ring (bicyclic) bond motifs is 1. The van der Waals surface area contributed by atoms with E-state index in [2.05, 4.69) is 20.6 Å². The minimum absolute atomic E-state index is 0.154. The molecule has 0 saturated carbocycles. The lowest BCUT2D eigenvalue weighted by Crippen LogP contribution is -2.36. The van der Waals surface area contributed by atoms with Crippen LogP contribution in [-0.4, -0.2) is 30.4 Å². The van der Waals surface area contributed by atoms with Crippen LogP contribution in [0.4, 0.5) is 10.3 Å². The number of hydrazine groups is 1. The van der Waals surface area contributed by atoms with Gasteiger partial charge < -0.3 is 0 Å². The summed E-state index contributed by atoms with van der Waals surface area (Å²) in [6.07, 6.45) is -0.218. The SMILES string of the molecule is CCn1c(NNC(=O)CCNS(=O)(=O)c2ccccc2F)nc2ccccc2c1=O. The van der Waals surface area contributed by atoms with Gasteiger partial charge in [-0.3, -0.25) is 25.0 Å². The summed E-state index contributed by atoms with van der Waals surface area (Å²) in [7, 11) is -4.08. The zero-order valence-corrected chi connectivity index (χ0v) is 16.9. The second-order valence-corrected chi connectivity index (χ2v) is 7.99. The van der Waals surface area contributed by atoms with Crippen molar-refractivity contribution < 1.29 is 17.6 Å². The minimum Gasteiger partial charge on any atom is -0.277 e. The molecule has 1 aromatic heterocycles. The van der Waals surface area contributed by atoms with Gasteiger partial charge in [-0.25, -0.2) is 22.5 Å². The molecule has 11 heteroatoms. The molecule has 0 aliphatic carbocycles. The van der Waals surface area contributed by atoms with Crippen LogP contribution in [-0.2, 0) is 21.4 Å². The van der Waals surface area contributed by atoms with Crippen LogP contribution in [0, 0.1) is 5.82 Å². The van der Waals surface area contributed by atoms with Gasteiger partial charge in [0.05, 0.1) is 10.9 Å². The van der Waals surface area contributed by atoms with Gasteiger partial charge in [0.2, 0.25) is 21.9 Å². The topological polar surface area (TPSA) is 122 Å². The van der Waals surface area contributed by atoms with E-state index in [0.717, 1.165) is 12.1 Å². The third-order valence-electron chi connectivity index (χ3n) is 4.26. The largest absolute Gasteiger partial charge is 0.277 e. The van der Waals surface area contributed by atoms with Crippen molar-refractivity contribution in [3.8, 4) is 0 Å². The Morgan fingerprint density at radius 1 is 1.13 bits per heavy atom. The first-order chi connectivity index (χ1) is 14.3. The highest BCUT2D eigenvalue weighted by Gasteiger charge is 2.18. The van der Waals surface area contributed by atoms with Gasteiger partial charge >= 0.3 is 0 Å². The highest BCUT2D eigenvalue weighted by molar-refractivity contribution is 7.89. The number of hydrogen-bond acceptors (Lipinski definition) is 6. The molecule has 0 atom stereocenters. The van der Waals surface area contributed by atoms with Crippen molar-refractivity contribution in [2.75, 3.05) is 12.0 Å². The Hall–Kier alpha value is -3.31. The Morgan fingerprint density at radius 3 is 2.57 bits per heavy atom. The highest BCUT2D eigenvalue weighted by atomic mass is 32.2. The lowest BCUT2D eigenvalue weighted by atomic mass is 10.2. The number of halogens is 1. The molecule has 0 spiro atoms. The fourth-order valence-electron chi connectivity index (χ4n) is 2.78. The smallest absolute Gasteiger partial charge is 0.262 e. The number of carbonyl (C=O) groups is 1. The van der Waals surface area contributed by atoms with Crippen LogP contribution < -0.4 is 21.1 Å².